The van der Waals surface area contributed by atoms with Crippen LogP contribution in [0.4, 0.5) is 0 Å². The van der Waals surface area contributed by atoms with Crippen molar-refractivity contribution in [2.75, 3.05) is 13.7 Å². The fourth-order valence-corrected chi connectivity index (χ4v) is 1.78. The van der Waals surface area contributed by atoms with Crippen molar-refractivity contribution in [3.05, 3.63) is 42.5 Å². The van der Waals surface area contributed by atoms with Gasteiger partial charge in [0.05, 0.1) is 13.0 Å². The molecule has 4 nitrogen and oxygen atoms in total. The Balaban J connectivity index is 2.01. The summed E-state index contributed by atoms with van der Waals surface area (Å²) in [5.74, 6) is 0.725. The van der Waals surface area contributed by atoms with Crippen molar-refractivity contribution in [2.45, 2.75) is 6.42 Å². The SMILES string of the molecule is CNNC(=O)CCOc1cccc2ccccc12. The average Bonchev–Trinajstić information content (AvgIpc) is 2.39. The molecule has 2 aromatic carbocycles. The van der Waals surface area contributed by atoms with Crippen LogP contribution in [-0.4, -0.2) is 19.6 Å². The van der Waals surface area contributed by atoms with Crippen LogP contribution < -0.4 is 15.6 Å². The Hall–Kier alpha value is -2.07. The summed E-state index contributed by atoms with van der Waals surface area (Å²) in [5.41, 5.74) is 5.09. The minimum absolute atomic E-state index is 0.0854. The molecule has 0 radical (unpaired) electrons. The van der Waals surface area contributed by atoms with E-state index in [4.69, 9.17) is 4.74 Å². The zero-order valence-electron chi connectivity index (χ0n) is 10.3. The van der Waals surface area contributed by atoms with Crippen LogP contribution in [-0.2, 0) is 4.79 Å². The van der Waals surface area contributed by atoms with E-state index in [0.717, 1.165) is 16.5 Å². The fraction of sp³-hybridized carbons (Fsp3) is 0.214. The van der Waals surface area contributed by atoms with Gasteiger partial charge in [0, 0.05) is 12.4 Å². The van der Waals surface area contributed by atoms with E-state index >= 15 is 0 Å². The molecular weight excluding hydrogens is 228 g/mol. The van der Waals surface area contributed by atoms with Crippen LogP contribution >= 0.6 is 0 Å². The van der Waals surface area contributed by atoms with E-state index in [0.29, 0.717) is 13.0 Å². The summed E-state index contributed by atoms with van der Waals surface area (Å²) in [6.45, 7) is 0.363. The molecule has 2 rings (SSSR count). The van der Waals surface area contributed by atoms with Gasteiger partial charge in [0.2, 0.25) is 5.91 Å². The molecule has 18 heavy (non-hydrogen) atoms. The topological polar surface area (TPSA) is 50.4 Å². The number of carbonyl (C=O) groups excluding carboxylic acids is 1. The van der Waals surface area contributed by atoms with Gasteiger partial charge >= 0.3 is 0 Å². The van der Waals surface area contributed by atoms with Crippen molar-refractivity contribution in [1.82, 2.24) is 10.9 Å². The fourth-order valence-electron chi connectivity index (χ4n) is 1.78. The second-order valence-electron chi connectivity index (χ2n) is 3.87. The van der Waals surface area contributed by atoms with Crippen molar-refractivity contribution >= 4 is 16.7 Å². The van der Waals surface area contributed by atoms with E-state index < -0.39 is 0 Å². The predicted octanol–water partition coefficient (Wildman–Crippen LogP) is 1.86. The summed E-state index contributed by atoms with van der Waals surface area (Å²) in [6.07, 6.45) is 0.323. The van der Waals surface area contributed by atoms with Gasteiger partial charge in [0.15, 0.2) is 0 Å². The maximum atomic E-state index is 11.2. The molecule has 1 amide bonds. The Morgan fingerprint density at radius 2 is 1.94 bits per heavy atom. The highest BCUT2D eigenvalue weighted by Gasteiger charge is 2.03. The minimum atomic E-state index is -0.0854. The van der Waals surface area contributed by atoms with E-state index in [9.17, 15) is 4.79 Å². The van der Waals surface area contributed by atoms with E-state index in [1.54, 1.807) is 7.05 Å². The number of benzene rings is 2. The van der Waals surface area contributed by atoms with Crippen molar-refractivity contribution in [3.8, 4) is 5.75 Å². The van der Waals surface area contributed by atoms with Crippen molar-refractivity contribution in [3.63, 3.8) is 0 Å². The first kappa shape index (κ1) is 12.4. The van der Waals surface area contributed by atoms with Crippen molar-refractivity contribution in [2.24, 2.45) is 0 Å². The number of hydrazine groups is 1. The van der Waals surface area contributed by atoms with E-state index in [1.165, 1.54) is 0 Å². The molecule has 94 valence electrons. The van der Waals surface area contributed by atoms with Gasteiger partial charge in [-0.3, -0.25) is 10.2 Å². The first-order valence-corrected chi connectivity index (χ1v) is 5.87. The Labute approximate surface area is 106 Å². The van der Waals surface area contributed by atoms with Crippen molar-refractivity contribution < 1.29 is 9.53 Å². The molecule has 0 aliphatic heterocycles. The zero-order valence-corrected chi connectivity index (χ0v) is 10.3. The van der Waals surface area contributed by atoms with E-state index in [1.807, 2.05) is 42.5 Å². The Morgan fingerprint density at radius 3 is 2.78 bits per heavy atom. The van der Waals surface area contributed by atoms with Crippen LogP contribution in [0.5, 0.6) is 5.75 Å². The molecule has 0 atom stereocenters. The lowest BCUT2D eigenvalue weighted by Gasteiger charge is -2.09. The highest BCUT2D eigenvalue weighted by Crippen LogP contribution is 2.25. The van der Waals surface area contributed by atoms with Gasteiger partial charge in [-0.05, 0) is 11.5 Å². The molecule has 0 heterocycles. The zero-order chi connectivity index (χ0) is 12.8. The molecule has 0 spiro atoms. The van der Waals surface area contributed by atoms with Crippen LogP contribution in [0.2, 0.25) is 0 Å². The standard InChI is InChI=1S/C14H16N2O2/c1-15-16-14(17)9-10-18-13-8-4-6-11-5-2-3-7-12(11)13/h2-8,15H,9-10H2,1H3,(H,16,17). The van der Waals surface area contributed by atoms with Crippen LogP contribution in [0.3, 0.4) is 0 Å². The number of ether oxygens (including phenoxy) is 1. The molecule has 0 aliphatic rings. The summed E-state index contributed by atoms with van der Waals surface area (Å²) in [7, 11) is 1.66. The number of rotatable bonds is 5. The van der Waals surface area contributed by atoms with Crippen LogP contribution in [0.25, 0.3) is 10.8 Å². The predicted molar refractivity (Wildman–Crippen MR) is 71.3 cm³/mol. The summed E-state index contributed by atoms with van der Waals surface area (Å²) >= 11 is 0. The van der Waals surface area contributed by atoms with Gasteiger partial charge < -0.3 is 4.74 Å². The minimum Gasteiger partial charge on any atom is -0.492 e. The smallest absolute Gasteiger partial charge is 0.237 e. The van der Waals surface area contributed by atoms with Crippen LogP contribution in [0, 0.1) is 0 Å². The van der Waals surface area contributed by atoms with E-state index in [-0.39, 0.29) is 5.91 Å². The van der Waals surface area contributed by atoms with E-state index in [2.05, 4.69) is 10.9 Å². The van der Waals surface area contributed by atoms with Gasteiger partial charge in [-0.15, -0.1) is 0 Å². The van der Waals surface area contributed by atoms with Crippen LogP contribution in [0.15, 0.2) is 42.5 Å². The summed E-state index contributed by atoms with van der Waals surface area (Å²) < 4.78 is 5.65. The number of fused-ring (bicyclic) bond motifs is 1. The molecule has 0 saturated heterocycles. The highest BCUT2D eigenvalue weighted by molar-refractivity contribution is 5.88. The Kier molecular flexibility index (Phi) is 4.15. The van der Waals surface area contributed by atoms with Gasteiger partial charge in [-0.25, -0.2) is 5.43 Å². The number of nitrogens with one attached hydrogen (secondary N) is 2. The number of hydrogen-bond donors (Lipinski definition) is 2. The first-order valence-electron chi connectivity index (χ1n) is 5.87. The third-order valence-electron chi connectivity index (χ3n) is 2.60. The van der Waals surface area contributed by atoms with Crippen LogP contribution in [0.1, 0.15) is 6.42 Å². The monoisotopic (exact) mass is 244 g/mol. The molecule has 2 aromatic rings. The van der Waals surface area contributed by atoms with Gasteiger partial charge in [-0.2, -0.15) is 0 Å². The quantitative estimate of drug-likeness (QED) is 0.789. The lowest BCUT2D eigenvalue weighted by atomic mass is 10.1. The largest absolute Gasteiger partial charge is 0.492 e. The molecule has 0 aliphatic carbocycles. The second kappa shape index (κ2) is 6.02. The number of hydrogen-bond acceptors (Lipinski definition) is 3. The molecule has 0 unspecified atom stereocenters. The third-order valence-corrected chi connectivity index (χ3v) is 2.60. The molecular formula is C14H16N2O2. The maximum Gasteiger partial charge on any atom is 0.237 e. The van der Waals surface area contributed by atoms with Crippen molar-refractivity contribution in [1.29, 1.82) is 0 Å². The maximum absolute atomic E-state index is 11.2. The molecule has 0 aromatic heterocycles. The first-order chi connectivity index (χ1) is 8.81. The lowest BCUT2D eigenvalue weighted by Crippen LogP contribution is -2.34. The van der Waals surface area contributed by atoms with Gasteiger partial charge in [-0.1, -0.05) is 36.4 Å². The summed E-state index contributed by atoms with van der Waals surface area (Å²) in [5, 5.41) is 2.20. The molecule has 2 N–H and O–H groups in total. The van der Waals surface area contributed by atoms with Gasteiger partial charge in [0.1, 0.15) is 5.75 Å². The second-order valence-corrected chi connectivity index (χ2v) is 3.87. The molecule has 4 heteroatoms. The Morgan fingerprint density at radius 1 is 1.17 bits per heavy atom. The van der Waals surface area contributed by atoms with Gasteiger partial charge in [0.25, 0.3) is 0 Å². The lowest BCUT2D eigenvalue weighted by molar-refractivity contribution is -0.122. The third kappa shape index (κ3) is 2.99. The highest BCUT2D eigenvalue weighted by atomic mass is 16.5. The molecule has 0 bridgehead atoms. The molecule has 0 saturated carbocycles. The normalized spacial score (nSPS) is 10.3. The summed E-state index contributed by atoms with van der Waals surface area (Å²) in [6, 6.07) is 13.9. The number of amides is 1. The number of carbonyl (C=O) groups is 1. The Bertz CT molecular complexity index is 535. The summed E-state index contributed by atoms with van der Waals surface area (Å²) in [4.78, 5) is 11.2. The molecule has 0 fully saturated rings. The average molecular weight is 244 g/mol.